The lowest BCUT2D eigenvalue weighted by Crippen LogP contribution is -2.45. The number of anilines is 2. The molecule has 0 aliphatic carbocycles. The Bertz CT molecular complexity index is 434. The van der Waals surface area contributed by atoms with E-state index >= 15 is 0 Å². The second-order valence-corrected chi connectivity index (χ2v) is 5.94. The molecule has 0 bridgehead atoms. The minimum Gasteiger partial charge on any atom is -0.356 e. The third kappa shape index (κ3) is 4.30. The molecule has 118 valence electrons. The summed E-state index contributed by atoms with van der Waals surface area (Å²) >= 11 is 0. The van der Waals surface area contributed by atoms with E-state index in [2.05, 4.69) is 53.6 Å². The molecular weight excluding hydrogens is 262 g/mol. The molecule has 1 aliphatic heterocycles. The average Bonchev–Trinajstić information content (AvgIpc) is 2.47. The molecule has 0 unspecified atom stereocenters. The van der Waals surface area contributed by atoms with Crippen LogP contribution in [0.4, 0.5) is 11.8 Å². The van der Waals surface area contributed by atoms with Gasteiger partial charge in [0, 0.05) is 51.0 Å². The molecule has 0 radical (unpaired) electrons. The summed E-state index contributed by atoms with van der Waals surface area (Å²) in [5.41, 5.74) is 1.06. The summed E-state index contributed by atoms with van der Waals surface area (Å²) in [5.74, 6) is 1.98. The average molecular weight is 291 g/mol. The summed E-state index contributed by atoms with van der Waals surface area (Å²) in [5, 5.41) is 0. The third-order valence-corrected chi connectivity index (χ3v) is 3.93. The Kier molecular flexibility index (Phi) is 5.79. The van der Waals surface area contributed by atoms with Gasteiger partial charge in [0.15, 0.2) is 0 Å². The fourth-order valence-corrected chi connectivity index (χ4v) is 2.73. The van der Waals surface area contributed by atoms with Crippen molar-refractivity contribution in [2.45, 2.75) is 33.6 Å². The monoisotopic (exact) mass is 291 g/mol. The van der Waals surface area contributed by atoms with Crippen molar-refractivity contribution in [2.24, 2.45) is 0 Å². The highest BCUT2D eigenvalue weighted by Crippen LogP contribution is 2.19. The lowest BCUT2D eigenvalue weighted by atomic mass is 10.3. The Labute approximate surface area is 129 Å². The Morgan fingerprint density at radius 2 is 1.67 bits per heavy atom. The van der Waals surface area contributed by atoms with Gasteiger partial charge in [0.05, 0.1) is 0 Å². The maximum atomic E-state index is 4.84. The first-order chi connectivity index (χ1) is 10.1. The van der Waals surface area contributed by atoms with Crippen LogP contribution in [0.15, 0.2) is 6.07 Å². The zero-order valence-corrected chi connectivity index (χ0v) is 14.0. The molecule has 0 amide bonds. The number of aryl methyl sites for hydroxylation is 1. The number of rotatable bonds is 6. The normalized spacial score (nSPS) is 16.3. The summed E-state index contributed by atoms with van der Waals surface area (Å²) < 4.78 is 0. The van der Waals surface area contributed by atoms with Crippen LogP contribution in [0.1, 0.15) is 32.4 Å². The van der Waals surface area contributed by atoms with Gasteiger partial charge in [0.25, 0.3) is 0 Å². The van der Waals surface area contributed by atoms with E-state index < -0.39 is 0 Å². The van der Waals surface area contributed by atoms with Gasteiger partial charge >= 0.3 is 0 Å². The van der Waals surface area contributed by atoms with E-state index in [0.29, 0.717) is 0 Å². The third-order valence-electron chi connectivity index (χ3n) is 3.93. The number of piperazine rings is 1. The maximum Gasteiger partial charge on any atom is 0.227 e. The molecule has 1 saturated heterocycles. The van der Waals surface area contributed by atoms with Gasteiger partial charge in [-0.2, -0.15) is 4.98 Å². The minimum atomic E-state index is 0.898. The number of nitrogens with zero attached hydrogens (tertiary/aromatic N) is 5. The summed E-state index contributed by atoms with van der Waals surface area (Å²) in [6.45, 7) is 12.8. The van der Waals surface area contributed by atoms with E-state index in [4.69, 9.17) is 4.98 Å². The Hall–Kier alpha value is -1.36. The Morgan fingerprint density at radius 1 is 1.05 bits per heavy atom. The van der Waals surface area contributed by atoms with Crippen LogP contribution in [-0.2, 0) is 0 Å². The number of hydrogen-bond donors (Lipinski definition) is 0. The predicted octanol–water partition coefficient (Wildman–Crippen LogP) is 2.16. The van der Waals surface area contributed by atoms with Crippen LogP contribution in [0, 0.1) is 6.92 Å². The molecule has 0 saturated carbocycles. The molecule has 1 aliphatic rings. The standard InChI is InChI=1S/C16H29N5/c1-5-7-20(8-6-2)15-13-14(3)17-16(18-15)21-11-9-19(4)10-12-21/h13H,5-12H2,1-4H3. The lowest BCUT2D eigenvalue weighted by molar-refractivity contribution is 0.311. The van der Waals surface area contributed by atoms with E-state index in [9.17, 15) is 0 Å². The quantitative estimate of drug-likeness (QED) is 0.802. The van der Waals surface area contributed by atoms with Crippen molar-refractivity contribution in [3.05, 3.63) is 11.8 Å². The van der Waals surface area contributed by atoms with Gasteiger partial charge in [-0.15, -0.1) is 0 Å². The van der Waals surface area contributed by atoms with Crippen molar-refractivity contribution >= 4 is 11.8 Å². The van der Waals surface area contributed by atoms with E-state index in [0.717, 1.165) is 69.6 Å². The highest BCUT2D eigenvalue weighted by molar-refractivity contribution is 5.46. The highest BCUT2D eigenvalue weighted by atomic mass is 15.3. The fourth-order valence-electron chi connectivity index (χ4n) is 2.73. The van der Waals surface area contributed by atoms with Crippen molar-refractivity contribution in [3.8, 4) is 0 Å². The minimum absolute atomic E-state index is 0.898. The molecule has 5 heteroatoms. The summed E-state index contributed by atoms with van der Waals surface area (Å²) in [4.78, 5) is 16.5. The van der Waals surface area contributed by atoms with Gasteiger partial charge in [-0.1, -0.05) is 13.8 Å². The zero-order valence-electron chi connectivity index (χ0n) is 14.0. The van der Waals surface area contributed by atoms with Crippen molar-refractivity contribution in [3.63, 3.8) is 0 Å². The van der Waals surface area contributed by atoms with Gasteiger partial charge in [0.2, 0.25) is 5.95 Å². The zero-order chi connectivity index (χ0) is 15.2. The first-order valence-corrected chi connectivity index (χ1v) is 8.18. The molecule has 21 heavy (non-hydrogen) atoms. The number of likely N-dealkylation sites (N-methyl/N-ethyl adjacent to an activating group) is 1. The van der Waals surface area contributed by atoms with Crippen LogP contribution in [0.5, 0.6) is 0 Å². The Morgan fingerprint density at radius 3 is 2.24 bits per heavy atom. The van der Waals surface area contributed by atoms with Gasteiger partial charge < -0.3 is 14.7 Å². The molecule has 1 aromatic rings. The largest absolute Gasteiger partial charge is 0.356 e. The molecule has 5 nitrogen and oxygen atoms in total. The van der Waals surface area contributed by atoms with Crippen molar-refractivity contribution in [1.82, 2.24) is 14.9 Å². The summed E-state index contributed by atoms with van der Waals surface area (Å²) in [7, 11) is 2.17. The molecule has 0 N–H and O–H groups in total. The van der Waals surface area contributed by atoms with E-state index in [1.807, 2.05) is 0 Å². The maximum absolute atomic E-state index is 4.84. The van der Waals surface area contributed by atoms with Crippen molar-refractivity contribution in [2.75, 3.05) is 56.1 Å². The van der Waals surface area contributed by atoms with Crippen LogP contribution >= 0.6 is 0 Å². The fraction of sp³-hybridized carbons (Fsp3) is 0.750. The number of aromatic nitrogens is 2. The van der Waals surface area contributed by atoms with E-state index in [1.165, 1.54) is 0 Å². The van der Waals surface area contributed by atoms with E-state index in [1.54, 1.807) is 0 Å². The van der Waals surface area contributed by atoms with Crippen molar-refractivity contribution < 1.29 is 0 Å². The molecule has 0 aromatic carbocycles. The molecular formula is C16H29N5. The van der Waals surface area contributed by atoms with Gasteiger partial charge in [-0.05, 0) is 26.8 Å². The van der Waals surface area contributed by atoms with Crippen LogP contribution in [0.3, 0.4) is 0 Å². The van der Waals surface area contributed by atoms with Gasteiger partial charge in [-0.25, -0.2) is 4.98 Å². The molecule has 1 aromatic heterocycles. The number of hydrogen-bond acceptors (Lipinski definition) is 5. The Balaban J connectivity index is 2.19. The van der Waals surface area contributed by atoms with Gasteiger partial charge in [-0.3, -0.25) is 0 Å². The van der Waals surface area contributed by atoms with Crippen LogP contribution in [-0.4, -0.2) is 61.2 Å². The van der Waals surface area contributed by atoms with Crippen LogP contribution in [0.2, 0.25) is 0 Å². The SMILES string of the molecule is CCCN(CCC)c1cc(C)nc(N2CCN(C)CC2)n1. The summed E-state index contributed by atoms with van der Waals surface area (Å²) in [6, 6.07) is 2.12. The molecule has 0 atom stereocenters. The van der Waals surface area contributed by atoms with Gasteiger partial charge in [0.1, 0.15) is 5.82 Å². The molecule has 1 fully saturated rings. The summed E-state index contributed by atoms with van der Waals surface area (Å²) in [6.07, 6.45) is 2.29. The topological polar surface area (TPSA) is 35.5 Å². The van der Waals surface area contributed by atoms with Crippen molar-refractivity contribution in [1.29, 1.82) is 0 Å². The molecule has 2 rings (SSSR count). The highest BCUT2D eigenvalue weighted by Gasteiger charge is 2.18. The van der Waals surface area contributed by atoms with Crippen LogP contribution in [0.25, 0.3) is 0 Å². The molecule has 2 heterocycles. The predicted molar refractivity (Wildman–Crippen MR) is 89.3 cm³/mol. The molecule has 0 spiro atoms. The second kappa shape index (κ2) is 7.59. The van der Waals surface area contributed by atoms with E-state index in [-0.39, 0.29) is 0 Å². The van der Waals surface area contributed by atoms with Crippen LogP contribution < -0.4 is 9.80 Å². The first kappa shape index (κ1) is 16.0. The first-order valence-electron chi connectivity index (χ1n) is 8.18. The second-order valence-electron chi connectivity index (χ2n) is 5.94. The smallest absolute Gasteiger partial charge is 0.227 e. The lowest BCUT2D eigenvalue weighted by Gasteiger charge is -2.33.